The summed E-state index contributed by atoms with van der Waals surface area (Å²) in [6, 6.07) is 15.3. The Bertz CT molecular complexity index is 734. The van der Waals surface area contributed by atoms with E-state index in [1.54, 1.807) is 0 Å². The van der Waals surface area contributed by atoms with Crippen LogP contribution in [0.4, 0.5) is 0 Å². The molecule has 25 heavy (non-hydrogen) atoms. The Labute approximate surface area is 155 Å². The molecule has 0 heterocycles. The van der Waals surface area contributed by atoms with Crippen molar-refractivity contribution in [3.8, 4) is 5.75 Å². The van der Waals surface area contributed by atoms with Crippen LogP contribution < -0.4 is 15.6 Å². The van der Waals surface area contributed by atoms with E-state index in [-0.39, 0.29) is 18.9 Å². The number of benzene rings is 2. The molecule has 0 saturated heterocycles. The summed E-state index contributed by atoms with van der Waals surface area (Å²) in [5.41, 5.74) is 6.85. The maximum atomic E-state index is 11.8. The Balaban J connectivity index is 1.71. The molecule has 0 aliphatic carbocycles. The number of carbonyl (C=O) groups is 2. The van der Waals surface area contributed by atoms with Crippen molar-refractivity contribution in [2.24, 2.45) is 0 Å². The van der Waals surface area contributed by atoms with Gasteiger partial charge in [0, 0.05) is 10.9 Å². The maximum Gasteiger partial charge on any atom is 0.276 e. The van der Waals surface area contributed by atoms with E-state index in [2.05, 4.69) is 26.8 Å². The summed E-state index contributed by atoms with van der Waals surface area (Å²) in [6.45, 7) is 1.87. The molecule has 0 aliphatic heterocycles. The first-order valence-electron chi connectivity index (χ1n) is 8.12. The normalized spacial score (nSPS) is 10.2. The molecule has 0 aromatic heterocycles. The van der Waals surface area contributed by atoms with Crippen molar-refractivity contribution >= 4 is 27.7 Å². The lowest BCUT2D eigenvalue weighted by Crippen LogP contribution is -2.43. The summed E-state index contributed by atoms with van der Waals surface area (Å²) < 4.78 is 6.47. The van der Waals surface area contributed by atoms with Gasteiger partial charge in [0.15, 0.2) is 6.61 Å². The van der Waals surface area contributed by atoms with Gasteiger partial charge in [-0.25, -0.2) is 0 Å². The first-order chi connectivity index (χ1) is 12.1. The third-order valence-electron chi connectivity index (χ3n) is 3.63. The summed E-state index contributed by atoms with van der Waals surface area (Å²) in [5, 5.41) is 0. The van der Waals surface area contributed by atoms with Crippen molar-refractivity contribution in [2.45, 2.75) is 26.2 Å². The van der Waals surface area contributed by atoms with E-state index in [1.807, 2.05) is 55.5 Å². The lowest BCUT2D eigenvalue weighted by molar-refractivity contribution is -0.130. The first kappa shape index (κ1) is 19.0. The van der Waals surface area contributed by atoms with Crippen molar-refractivity contribution < 1.29 is 14.3 Å². The SMILES string of the molecule is CCc1ccccc1OCC(=O)NNC(=O)CCc1ccccc1Br. The zero-order chi connectivity index (χ0) is 18.1. The van der Waals surface area contributed by atoms with E-state index in [1.165, 1.54) is 0 Å². The molecular weight excluding hydrogens is 384 g/mol. The van der Waals surface area contributed by atoms with Crippen LogP contribution in [0.2, 0.25) is 0 Å². The van der Waals surface area contributed by atoms with Gasteiger partial charge in [0.05, 0.1) is 0 Å². The number of amides is 2. The fourth-order valence-electron chi connectivity index (χ4n) is 2.27. The monoisotopic (exact) mass is 404 g/mol. The molecule has 5 nitrogen and oxygen atoms in total. The topological polar surface area (TPSA) is 67.4 Å². The Hall–Kier alpha value is -2.34. The van der Waals surface area contributed by atoms with Crippen molar-refractivity contribution in [3.05, 3.63) is 64.1 Å². The number of halogens is 1. The number of hydrogen-bond donors (Lipinski definition) is 2. The maximum absolute atomic E-state index is 11.8. The number of para-hydroxylation sites is 1. The van der Waals surface area contributed by atoms with Gasteiger partial charge in [0.1, 0.15) is 5.75 Å². The largest absolute Gasteiger partial charge is 0.483 e. The van der Waals surface area contributed by atoms with Gasteiger partial charge in [-0.1, -0.05) is 59.3 Å². The number of hydrazine groups is 1. The molecule has 0 spiro atoms. The van der Waals surface area contributed by atoms with Crippen LogP contribution in [0, 0.1) is 0 Å². The molecule has 2 N–H and O–H groups in total. The lowest BCUT2D eigenvalue weighted by Gasteiger charge is -2.11. The summed E-state index contributed by atoms with van der Waals surface area (Å²) in [7, 11) is 0. The highest BCUT2D eigenvalue weighted by Crippen LogP contribution is 2.18. The van der Waals surface area contributed by atoms with E-state index < -0.39 is 5.91 Å². The highest BCUT2D eigenvalue weighted by Gasteiger charge is 2.08. The van der Waals surface area contributed by atoms with E-state index in [0.717, 1.165) is 22.0 Å². The van der Waals surface area contributed by atoms with Gasteiger partial charge in [-0.2, -0.15) is 0 Å². The molecule has 2 aromatic rings. The molecule has 0 saturated carbocycles. The van der Waals surface area contributed by atoms with E-state index >= 15 is 0 Å². The number of rotatable bonds is 7. The molecule has 132 valence electrons. The third kappa shape index (κ3) is 6.23. The fraction of sp³-hybridized carbons (Fsp3) is 0.263. The van der Waals surface area contributed by atoms with Gasteiger partial charge >= 0.3 is 0 Å². The van der Waals surface area contributed by atoms with Crippen molar-refractivity contribution in [3.63, 3.8) is 0 Å². The predicted octanol–water partition coefficient (Wildman–Crippen LogP) is 3.17. The van der Waals surface area contributed by atoms with Gasteiger partial charge in [0.2, 0.25) is 5.91 Å². The van der Waals surface area contributed by atoms with Crippen molar-refractivity contribution in [2.75, 3.05) is 6.61 Å². The van der Waals surface area contributed by atoms with Gasteiger partial charge < -0.3 is 4.74 Å². The Morgan fingerprint density at radius 2 is 1.60 bits per heavy atom. The molecular formula is C19H21BrN2O3. The van der Waals surface area contributed by atoms with Crippen LogP contribution in [0.15, 0.2) is 53.0 Å². The number of aryl methyl sites for hydroxylation is 2. The summed E-state index contributed by atoms with van der Waals surface area (Å²) in [6.07, 6.45) is 1.69. The average molecular weight is 405 g/mol. The van der Waals surface area contributed by atoms with Gasteiger partial charge in [-0.15, -0.1) is 0 Å². The lowest BCUT2D eigenvalue weighted by atomic mass is 10.1. The Morgan fingerprint density at radius 3 is 2.32 bits per heavy atom. The highest BCUT2D eigenvalue weighted by atomic mass is 79.9. The fourth-order valence-corrected chi connectivity index (χ4v) is 2.75. The second-order valence-corrected chi connectivity index (χ2v) is 6.29. The first-order valence-corrected chi connectivity index (χ1v) is 8.91. The molecule has 2 amide bonds. The number of ether oxygens (including phenoxy) is 1. The zero-order valence-corrected chi connectivity index (χ0v) is 15.6. The van der Waals surface area contributed by atoms with Crippen molar-refractivity contribution in [1.82, 2.24) is 10.9 Å². The van der Waals surface area contributed by atoms with Gasteiger partial charge in [-0.05, 0) is 36.1 Å². The molecule has 0 radical (unpaired) electrons. The Kier molecular flexibility index (Phi) is 7.47. The van der Waals surface area contributed by atoms with Crippen LogP contribution in [-0.4, -0.2) is 18.4 Å². The minimum Gasteiger partial charge on any atom is -0.483 e. The predicted molar refractivity (Wildman–Crippen MR) is 100 cm³/mol. The van der Waals surface area contributed by atoms with Crippen LogP contribution in [-0.2, 0) is 22.4 Å². The van der Waals surface area contributed by atoms with Gasteiger partial charge in [-0.3, -0.25) is 20.4 Å². The Morgan fingerprint density at radius 1 is 0.960 bits per heavy atom. The summed E-state index contributed by atoms with van der Waals surface area (Å²) in [4.78, 5) is 23.6. The number of nitrogens with one attached hydrogen (secondary N) is 2. The minimum absolute atomic E-state index is 0.151. The summed E-state index contributed by atoms with van der Waals surface area (Å²) >= 11 is 3.45. The molecule has 0 unspecified atom stereocenters. The molecule has 2 rings (SSSR count). The molecule has 6 heteroatoms. The summed E-state index contributed by atoms with van der Waals surface area (Å²) in [5.74, 6) is 0.0265. The second-order valence-electron chi connectivity index (χ2n) is 5.44. The van der Waals surface area contributed by atoms with E-state index in [4.69, 9.17) is 4.74 Å². The second kappa shape index (κ2) is 9.84. The van der Waals surface area contributed by atoms with Crippen LogP contribution >= 0.6 is 15.9 Å². The molecule has 0 bridgehead atoms. The number of carbonyl (C=O) groups excluding carboxylic acids is 2. The smallest absolute Gasteiger partial charge is 0.276 e. The third-order valence-corrected chi connectivity index (χ3v) is 4.41. The number of hydrogen-bond acceptors (Lipinski definition) is 3. The van der Waals surface area contributed by atoms with Crippen LogP contribution in [0.3, 0.4) is 0 Å². The average Bonchev–Trinajstić information content (AvgIpc) is 2.64. The molecule has 0 fully saturated rings. The van der Waals surface area contributed by atoms with Crippen molar-refractivity contribution in [1.29, 1.82) is 0 Å². The molecule has 0 atom stereocenters. The van der Waals surface area contributed by atoms with Gasteiger partial charge in [0.25, 0.3) is 5.91 Å². The zero-order valence-electron chi connectivity index (χ0n) is 14.0. The minimum atomic E-state index is -0.403. The van der Waals surface area contributed by atoms with Crippen LogP contribution in [0.1, 0.15) is 24.5 Å². The molecule has 2 aromatic carbocycles. The quantitative estimate of drug-likeness (QED) is 0.696. The molecule has 0 aliphatic rings. The van der Waals surface area contributed by atoms with Crippen LogP contribution in [0.5, 0.6) is 5.75 Å². The standard InChI is InChI=1S/C19H21BrN2O3/c1-2-14-7-4-6-10-17(14)25-13-19(24)22-21-18(23)12-11-15-8-3-5-9-16(15)20/h3-10H,2,11-13H2,1H3,(H,21,23)(H,22,24). The van der Waals surface area contributed by atoms with Crippen LogP contribution in [0.25, 0.3) is 0 Å². The van der Waals surface area contributed by atoms with E-state index in [0.29, 0.717) is 12.2 Å². The van der Waals surface area contributed by atoms with E-state index in [9.17, 15) is 9.59 Å². The highest BCUT2D eigenvalue weighted by molar-refractivity contribution is 9.10.